The van der Waals surface area contributed by atoms with E-state index in [1.807, 2.05) is 0 Å². The van der Waals surface area contributed by atoms with Crippen molar-refractivity contribution in [3.63, 3.8) is 0 Å². The van der Waals surface area contributed by atoms with E-state index < -0.39 is 0 Å². The van der Waals surface area contributed by atoms with Crippen LogP contribution in [0, 0.1) is 11.3 Å². The van der Waals surface area contributed by atoms with E-state index in [0.29, 0.717) is 12.5 Å². The third-order valence-corrected chi connectivity index (χ3v) is 2.90. The zero-order valence-electron chi connectivity index (χ0n) is 8.11. The molecule has 12 heavy (non-hydrogen) atoms. The van der Waals surface area contributed by atoms with Crippen LogP contribution >= 0.6 is 0 Å². The van der Waals surface area contributed by atoms with E-state index in [2.05, 4.69) is 31.4 Å². The van der Waals surface area contributed by atoms with Crippen LogP contribution in [0.4, 0.5) is 0 Å². The van der Waals surface area contributed by atoms with Gasteiger partial charge < -0.3 is 10.6 Å². The van der Waals surface area contributed by atoms with Gasteiger partial charge in [-0.1, -0.05) is 20.8 Å². The van der Waals surface area contributed by atoms with Crippen LogP contribution in [0.5, 0.6) is 0 Å². The Balaban J connectivity index is 2.61. The highest BCUT2D eigenvalue weighted by molar-refractivity contribution is 5.78. The summed E-state index contributed by atoms with van der Waals surface area (Å²) in [5.41, 5.74) is 0.201. The largest absolute Gasteiger partial charge is 0.354 e. The van der Waals surface area contributed by atoms with Crippen LogP contribution in [0.2, 0.25) is 0 Å². The summed E-state index contributed by atoms with van der Waals surface area (Å²) in [6.07, 6.45) is 0. The fraction of sp³-hybridized carbons (Fsp3) is 0.889. The fourth-order valence-corrected chi connectivity index (χ4v) is 1.30. The van der Waals surface area contributed by atoms with Crippen molar-refractivity contribution in [2.45, 2.75) is 20.8 Å². The second-order valence-electron chi connectivity index (χ2n) is 4.19. The topological polar surface area (TPSA) is 41.1 Å². The van der Waals surface area contributed by atoms with E-state index >= 15 is 0 Å². The van der Waals surface area contributed by atoms with Gasteiger partial charge in [0.25, 0.3) is 0 Å². The number of carbonyl (C=O) groups is 1. The quantitative estimate of drug-likeness (QED) is 0.597. The molecule has 1 fully saturated rings. The summed E-state index contributed by atoms with van der Waals surface area (Å²) in [4.78, 5) is 11.0. The Hall–Kier alpha value is -0.570. The molecule has 70 valence electrons. The van der Waals surface area contributed by atoms with Gasteiger partial charge in [-0.25, -0.2) is 0 Å². The average Bonchev–Trinajstić information content (AvgIpc) is 2.15. The smallest absolute Gasteiger partial charge is 0.233 e. The summed E-state index contributed by atoms with van der Waals surface area (Å²) in [6, 6.07) is 0. The van der Waals surface area contributed by atoms with Crippen LogP contribution in [0.1, 0.15) is 20.8 Å². The summed E-state index contributed by atoms with van der Waals surface area (Å²) >= 11 is 0. The summed E-state index contributed by atoms with van der Waals surface area (Å²) in [6.45, 7) is 8.76. The zero-order valence-corrected chi connectivity index (χ0v) is 8.11. The Morgan fingerprint density at radius 3 is 2.67 bits per heavy atom. The molecular weight excluding hydrogens is 152 g/mol. The van der Waals surface area contributed by atoms with Gasteiger partial charge in [-0.05, 0) is 11.3 Å². The maximum absolute atomic E-state index is 11.0. The monoisotopic (exact) mass is 170 g/mol. The van der Waals surface area contributed by atoms with Gasteiger partial charge in [-0.2, -0.15) is 0 Å². The predicted molar refractivity (Wildman–Crippen MR) is 48.8 cm³/mol. The third kappa shape index (κ3) is 1.97. The molecule has 0 bridgehead atoms. The molecule has 3 heteroatoms. The van der Waals surface area contributed by atoms with E-state index in [9.17, 15) is 4.79 Å². The van der Waals surface area contributed by atoms with Crippen molar-refractivity contribution < 1.29 is 4.79 Å². The summed E-state index contributed by atoms with van der Waals surface area (Å²) in [7, 11) is 0. The van der Waals surface area contributed by atoms with Gasteiger partial charge in [0.05, 0.1) is 6.54 Å². The number of rotatable bonds is 1. The maximum atomic E-state index is 11.0. The van der Waals surface area contributed by atoms with E-state index in [-0.39, 0.29) is 11.3 Å². The first kappa shape index (κ1) is 9.52. The highest BCUT2D eigenvalue weighted by Gasteiger charge is 2.30. The van der Waals surface area contributed by atoms with Gasteiger partial charge in [-0.15, -0.1) is 0 Å². The highest BCUT2D eigenvalue weighted by Crippen LogP contribution is 2.25. The number of nitrogens with one attached hydrogen (secondary N) is 2. The van der Waals surface area contributed by atoms with Crippen LogP contribution in [-0.2, 0) is 4.79 Å². The standard InChI is InChI=1S/C9H18N2O/c1-7(2)9(3)5-10-4-8(12)11-6-9/h7,10H,4-6H2,1-3H3,(H,11,12). The van der Waals surface area contributed by atoms with Crippen LogP contribution < -0.4 is 10.6 Å². The molecular formula is C9H18N2O. The number of carbonyl (C=O) groups excluding carboxylic acids is 1. The molecule has 2 N–H and O–H groups in total. The van der Waals surface area contributed by atoms with Crippen molar-refractivity contribution >= 4 is 5.91 Å². The molecule has 0 aliphatic carbocycles. The van der Waals surface area contributed by atoms with E-state index in [1.54, 1.807) is 0 Å². The molecule has 1 rings (SSSR count). The molecule has 0 radical (unpaired) electrons. The average molecular weight is 170 g/mol. The molecule has 0 spiro atoms. The Morgan fingerprint density at radius 1 is 1.42 bits per heavy atom. The first-order valence-corrected chi connectivity index (χ1v) is 4.52. The lowest BCUT2D eigenvalue weighted by molar-refractivity contribution is -0.120. The molecule has 0 saturated carbocycles. The molecule has 3 nitrogen and oxygen atoms in total. The minimum Gasteiger partial charge on any atom is -0.354 e. The predicted octanol–water partition coefficient (Wildman–Crippen LogP) is 0.368. The van der Waals surface area contributed by atoms with Gasteiger partial charge in [0.1, 0.15) is 0 Å². The van der Waals surface area contributed by atoms with Crippen LogP contribution in [-0.4, -0.2) is 25.5 Å². The van der Waals surface area contributed by atoms with Gasteiger partial charge in [-0.3, -0.25) is 4.79 Å². The van der Waals surface area contributed by atoms with E-state index in [0.717, 1.165) is 13.1 Å². The molecule has 1 aliphatic rings. The van der Waals surface area contributed by atoms with Crippen molar-refractivity contribution in [2.24, 2.45) is 11.3 Å². The molecule has 1 heterocycles. The van der Waals surface area contributed by atoms with Crippen LogP contribution in [0.15, 0.2) is 0 Å². The minimum atomic E-state index is 0.111. The molecule has 1 atom stereocenters. The number of hydrogen-bond acceptors (Lipinski definition) is 2. The van der Waals surface area contributed by atoms with Crippen molar-refractivity contribution in [3.8, 4) is 0 Å². The van der Waals surface area contributed by atoms with Gasteiger partial charge in [0.15, 0.2) is 0 Å². The normalized spacial score (nSPS) is 31.5. The Morgan fingerprint density at radius 2 is 2.08 bits per heavy atom. The third-order valence-electron chi connectivity index (χ3n) is 2.90. The Kier molecular flexibility index (Phi) is 2.73. The lowest BCUT2D eigenvalue weighted by Crippen LogP contribution is -2.39. The molecule has 0 aromatic heterocycles. The van der Waals surface area contributed by atoms with Crippen molar-refractivity contribution in [3.05, 3.63) is 0 Å². The summed E-state index contributed by atoms with van der Waals surface area (Å²) in [5, 5.41) is 6.07. The highest BCUT2D eigenvalue weighted by atomic mass is 16.1. The zero-order chi connectivity index (χ0) is 9.19. The fourth-order valence-electron chi connectivity index (χ4n) is 1.30. The maximum Gasteiger partial charge on any atom is 0.233 e. The molecule has 1 amide bonds. The second kappa shape index (κ2) is 3.44. The van der Waals surface area contributed by atoms with Gasteiger partial charge in [0.2, 0.25) is 5.91 Å². The van der Waals surface area contributed by atoms with Crippen LogP contribution in [0.3, 0.4) is 0 Å². The molecule has 0 aromatic rings. The van der Waals surface area contributed by atoms with Crippen molar-refractivity contribution in [1.82, 2.24) is 10.6 Å². The first-order chi connectivity index (χ1) is 5.54. The molecule has 0 aromatic carbocycles. The number of amides is 1. The lowest BCUT2D eigenvalue weighted by Gasteiger charge is -2.31. The first-order valence-electron chi connectivity index (χ1n) is 4.52. The van der Waals surface area contributed by atoms with E-state index in [4.69, 9.17) is 0 Å². The molecule has 1 unspecified atom stereocenters. The lowest BCUT2D eigenvalue weighted by atomic mass is 9.79. The second-order valence-corrected chi connectivity index (χ2v) is 4.19. The van der Waals surface area contributed by atoms with Crippen molar-refractivity contribution in [1.29, 1.82) is 0 Å². The van der Waals surface area contributed by atoms with Crippen molar-refractivity contribution in [2.75, 3.05) is 19.6 Å². The summed E-state index contributed by atoms with van der Waals surface area (Å²) < 4.78 is 0. The van der Waals surface area contributed by atoms with Crippen LogP contribution in [0.25, 0.3) is 0 Å². The van der Waals surface area contributed by atoms with Gasteiger partial charge in [0, 0.05) is 13.1 Å². The Labute approximate surface area is 73.9 Å². The summed E-state index contributed by atoms with van der Waals surface area (Å²) in [5.74, 6) is 0.697. The number of hydrogen-bond donors (Lipinski definition) is 2. The minimum absolute atomic E-state index is 0.111. The van der Waals surface area contributed by atoms with E-state index in [1.165, 1.54) is 0 Å². The Bertz CT molecular complexity index is 179. The molecule has 1 saturated heterocycles. The van der Waals surface area contributed by atoms with Gasteiger partial charge >= 0.3 is 0 Å². The SMILES string of the molecule is CC(C)C1(C)CNCC(=O)NC1. The molecule has 1 aliphatic heterocycles.